The number of benzene rings is 2. The Labute approximate surface area is 146 Å². The molecule has 2 aromatic carbocycles. The Hall–Kier alpha value is -2.22. The van der Waals surface area contributed by atoms with E-state index in [9.17, 15) is 14.4 Å². The Morgan fingerprint density at radius 3 is 2.04 bits per heavy atom. The van der Waals surface area contributed by atoms with Crippen LogP contribution in [0.5, 0.6) is 5.75 Å². The van der Waals surface area contributed by atoms with E-state index in [1.54, 1.807) is 36.4 Å². The zero-order valence-corrected chi connectivity index (χ0v) is 14.1. The molecule has 2 amide bonds. The van der Waals surface area contributed by atoms with E-state index >= 15 is 0 Å². The summed E-state index contributed by atoms with van der Waals surface area (Å²) in [5.74, 6) is -0.463. The quantitative estimate of drug-likeness (QED) is 0.331. The third kappa shape index (κ3) is 3.42. The van der Waals surface area contributed by atoms with Gasteiger partial charge in [0.2, 0.25) is 11.8 Å². The monoisotopic (exact) mass is 421 g/mol. The van der Waals surface area contributed by atoms with Crippen LogP contribution < -0.4 is 9.64 Å². The molecule has 1 aliphatic heterocycles. The van der Waals surface area contributed by atoms with Crippen LogP contribution in [0.4, 0.5) is 5.69 Å². The van der Waals surface area contributed by atoms with Gasteiger partial charge in [0.05, 0.1) is 11.3 Å². The summed E-state index contributed by atoms with van der Waals surface area (Å²) in [6.45, 7) is 0. The number of hydrogen-bond donors (Lipinski definition) is 0. The average Bonchev–Trinajstić information content (AvgIpc) is 2.88. The van der Waals surface area contributed by atoms with E-state index in [2.05, 4.69) is 22.6 Å². The molecule has 0 radical (unpaired) electrons. The fourth-order valence-corrected chi connectivity index (χ4v) is 2.64. The second-order valence-corrected chi connectivity index (χ2v) is 6.26. The highest BCUT2D eigenvalue weighted by atomic mass is 127. The third-order valence-electron chi connectivity index (χ3n) is 3.44. The zero-order valence-electron chi connectivity index (χ0n) is 12.0. The second kappa shape index (κ2) is 6.49. The Morgan fingerprint density at radius 1 is 0.913 bits per heavy atom. The molecule has 0 saturated carbocycles. The average molecular weight is 421 g/mol. The highest BCUT2D eigenvalue weighted by Gasteiger charge is 2.30. The van der Waals surface area contributed by atoms with Crippen molar-refractivity contribution in [2.45, 2.75) is 12.8 Å². The normalized spacial score (nSPS) is 14.2. The van der Waals surface area contributed by atoms with E-state index in [1.165, 1.54) is 0 Å². The molecular weight excluding hydrogens is 409 g/mol. The molecule has 1 heterocycles. The number of halogens is 1. The Morgan fingerprint density at radius 2 is 1.48 bits per heavy atom. The van der Waals surface area contributed by atoms with Crippen LogP contribution in [0.15, 0.2) is 48.5 Å². The molecule has 1 saturated heterocycles. The first-order valence-corrected chi connectivity index (χ1v) is 8.06. The lowest BCUT2D eigenvalue weighted by Gasteiger charge is -2.14. The number of ether oxygens (including phenoxy) is 1. The van der Waals surface area contributed by atoms with E-state index in [0.29, 0.717) is 17.0 Å². The predicted molar refractivity (Wildman–Crippen MR) is 92.3 cm³/mol. The van der Waals surface area contributed by atoms with Crippen LogP contribution in [0.3, 0.4) is 0 Å². The van der Waals surface area contributed by atoms with Crippen molar-refractivity contribution in [2.24, 2.45) is 0 Å². The molecule has 2 aromatic rings. The van der Waals surface area contributed by atoms with Gasteiger partial charge in [-0.15, -0.1) is 0 Å². The van der Waals surface area contributed by atoms with Gasteiger partial charge in [0, 0.05) is 16.4 Å². The van der Waals surface area contributed by atoms with E-state index in [1.807, 2.05) is 12.1 Å². The first kappa shape index (κ1) is 15.7. The molecule has 0 aliphatic carbocycles. The van der Waals surface area contributed by atoms with Crippen LogP contribution in [-0.4, -0.2) is 17.8 Å². The van der Waals surface area contributed by atoms with Crippen LogP contribution in [0.2, 0.25) is 0 Å². The van der Waals surface area contributed by atoms with Gasteiger partial charge in [-0.25, -0.2) is 4.79 Å². The summed E-state index contributed by atoms with van der Waals surface area (Å²) >= 11 is 2.17. The molecule has 0 unspecified atom stereocenters. The number of rotatable bonds is 3. The minimum Gasteiger partial charge on any atom is -0.423 e. The lowest BCUT2D eigenvalue weighted by molar-refractivity contribution is -0.121. The van der Waals surface area contributed by atoms with Crippen LogP contribution >= 0.6 is 22.6 Å². The molecule has 1 aliphatic rings. The van der Waals surface area contributed by atoms with Crippen molar-refractivity contribution in [1.82, 2.24) is 0 Å². The molecule has 1 fully saturated rings. The number of nitrogens with zero attached hydrogens (tertiary/aromatic N) is 1. The fraction of sp³-hybridized carbons (Fsp3) is 0.118. The van der Waals surface area contributed by atoms with Crippen molar-refractivity contribution < 1.29 is 19.1 Å². The number of hydrogen-bond acceptors (Lipinski definition) is 4. The van der Waals surface area contributed by atoms with Gasteiger partial charge in [-0.3, -0.25) is 14.5 Å². The van der Waals surface area contributed by atoms with E-state index in [0.717, 1.165) is 8.47 Å². The SMILES string of the molecule is O=C(Oc1ccc(I)cc1)c1ccc(N2C(=O)CCC2=O)cc1. The van der Waals surface area contributed by atoms with Gasteiger partial charge in [-0.2, -0.15) is 0 Å². The summed E-state index contributed by atoms with van der Waals surface area (Å²) in [6.07, 6.45) is 0.463. The molecular formula is C17H12INO4. The molecule has 0 atom stereocenters. The maximum absolute atomic E-state index is 12.1. The number of amides is 2. The number of carbonyl (C=O) groups is 3. The molecule has 6 heteroatoms. The van der Waals surface area contributed by atoms with Gasteiger partial charge in [0.15, 0.2) is 0 Å². The van der Waals surface area contributed by atoms with Crippen LogP contribution in [0, 0.1) is 3.57 Å². The van der Waals surface area contributed by atoms with Gasteiger partial charge in [0.1, 0.15) is 5.75 Å². The van der Waals surface area contributed by atoms with Crippen molar-refractivity contribution >= 4 is 46.1 Å². The number of esters is 1. The lowest BCUT2D eigenvalue weighted by Crippen LogP contribution is -2.28. The first-order valence-electron chi connectivity index (χ1n) is 6.98. The van der Waals surface area contributed by atoms with E-state index in [-0.39, 0.29) is 24.7 Å². The summed E-state index contributed by atoms with van der Waals surface area (Å²) in [7, 11) is 0. The molecule has 0 aromatic heterocycles. The first-order chi connectivity index (χ1) is 11.0. The van der Waals surface area contributed by atoms with Crippen LogP contribution in [0.25, 0.3) is 0 Å². The van der Waals surface area contributed by atoms with E-state index < -0.39 is 5.97 Å². The maximum atomic E-state index is 12.1. The minimum atomic E-state index is -0.489. The molecule has 3 rings (SSSR count). The summed E-state index contributed by atoms with van der Waals surface area (Å²) in [5.41, 5.74) is 0.828. The van der Waals surface area contributed by atoms with Gasteiger partial charge in [-0.1, -0.05) is 0 Å². The molecule has 5 nitrogen and oxygen atoms in total. The highest BCUT2D eigenvalue weighted by Crippen LogP contribution is 2.23. The van der Waals surface area contributed by atoms with Gasteiger partial charge in [-0.05, 0) is 71.1 Å². The topological polar surface area (TPSA) is 63.7 Å². The molecule has 23 heavy (non-hydrogen) atoms. The Balaban J connectivity index is 1.74. The largest absolute Gasteiger partial charge is 0.423 e. The van der Waals surface area contributed by atoms with Crippen molar-refractivity contribution in [3.63, 3.8) is 0 Å². The maximum Gasteiger partial charge on any atom is 0.343 e. The zero-order chi connectivity index (χ0) is 16.4. The van der Waals surface area contributed by atoms with Crippen molar-refractivity contribution in [3.8, 4) is 5.75 Å². The van der Waals surface area contributed by atoms with Gasteiger partial charge >= 0.3 is 5.97 Å². The fourth-order valence-electron chi connectivity index (χ4n) is 2.28. The van der Waals surface area contributed by atoms with Gasteiger partial charge < -0.3 is 4.74 Å². The van der Waals surface area contributed by atoms with Crippen molar-refractivity contribution in [1.29, 1.82) is 0 Å². The third-order valence-corrected chi connectivity index (χ3v) is 4.16. The van der Waals surface area contributed by atoms with Crippen molar-refractivity contribution in [2.75, 3.05) is 4.90 Å². The Kier molecular flexibility index (Phi) is 4.42. The summed E-state index contributed by atoms with van der Waals surface area (Å²) in [4.78, 5) is 36.6. The molecule has 0 spiro atoms. The summed E-state index contributed by atoms with van der Waals surface area (Å²) < 4.78 is 6.32. The summed E-state index contributed by atoms with van der Waals surface area (Å²) in [5, 5.41) is 0. The standard InChI is InChI=1S/C17H12INO4/c18-12-3-7-14(8-4-12)23-17(22)11-1-5-13(6-2-11)19-15(20)9-10-16(19)21/h1-8H,9-10H2. The number of imide groups is 1. The van der Waals surface area contributed by atoms with Gasteiger partial charge in [0.25, 0.3) is 0 Å². The highest BCUT2D eigenvalue weighted by molar-refractivity contribution is 14.1. The van der Waals surface area contributed by atoms with E-state index in [4.69, 9.17) is 4.74 Å². The van der Waals surface area contributed by atoms with Crippen LogP contribution in [-0.2, 0) is 9.59 Å². The Bertz CT molecular complexity index is 752. The van der Waals surface area contributed by atoms with Crippen LogP contribution in [0.1, 0.15) is 23.2 Å². The smallest absolute Gasteiger partial charge is 0.343 e. The summed E-state index contributed by atoms with van der Waals surface area (Å²) in [6, 6.07) is 13.4. The second-order valence-electron chi connectivity index (χ2n) is 5.01. The minimum absolute atomic E-state index is 0.218. The number of carbonyl (C=O) groups excluding carboxylic acids is 3. The molecule has 0 bridgehead atoms. The number of anilines is 1. The van der Waals surface area contributed by atoms with Crippen molar-refractivity contribution in [3.05, 3.63) is 57.7 Å². The molecule has 0 N–H and O–H groups in total. The molecule has 116 valence electrons. The predicted octanol–water partition coefficient (Wildman–Crippen LogP) is 3.16. The lowest BCUT2D eigenvalue weighted by atomic mass is 10.2.